The number of hydrogen-bond donors (Lipinski definition) is 2. The van der Waals surface area contributed by atoms with Crippen LogP contribution in [0.1, 0.15) is 66.2 Å². The fourth-order valence-corrected chi connectivity index (χ4v) is 7.47. The van der Waals surface area contributed by atoms with Gasteiger partial charge in [-0.1, -0.05) is 19.9 Å². The average Bonchev–Trinajstić information content (AvgIpc) is 3.04. The molecule has 4 rings (SSSR count). The largest absolute Gasteiger partial charge is 0.467 e. The second-order valence-corrected chi connectivity index (χ2v) is 11.0. The lowest BCUT2D eigenvalue weighted by Gasteiger charge is -2.58. The molecular formula is C24H36N2O4. The van der Waals surface area contributed by atoms with Gasteiger partial charge in [-0.05, 0) is 81.6 Å². The number of carbonyl (C=O) groups is 3. The minimum atomic E-state index is -1.02. The third-order valence-corrected chi connectivity index (χ3v) is 9.13. The van der Waals surface area contributed by atoms with Crippen molar-refractivity contribution in [3.05, 3.63) is 12.2 Å². The molecule has 1 heterocycles. The first-order chi connectivity index (χ1) is 14.0. The van der Waals surface area contributed by atoms with E-state index in [4.69, 9.17) is 4.74 Å². The van der Waals surface area contributed by atoms with Gasteiger partial charge in [-0.2, -0.15) is 0 Å². The van der Waals surface area contributed by atoms with Gasteiger partial charge in [0.15, 0.2) is 0 Å². The van der Waals surface area contributed by atoms with Crippen molar-refractivity contribution < 1.29 is 19.1 Å². The number of amides is 2. The molecule has 0 aromatic heterocycles. The SMILES string of the molecule is COC(=O)C(C)(C)NC(=O)[C@H]1CC[C@H]2[C@@H]3CCC4NC(=O)C=C[C@]4(C)[C@H]3CC[C@]12C. The maximum Gasteiger partial charge on any atom is 0.330 e. The summed E-state index contributed by atoms with van der Waals surface area (Å²) in [6, 6.07) is 0.224. The first-order valence-electron chi connectivity index (χ1n) is 11.4. The van der Waals surface area contributed by atoms with Crippen LogP contribution >= 0.6 is 0 Å². The molecule has 3 fully saturated rings. The molecule has 4 aliphatic rings. The van der Waals surface area contributed by atoms with E-state index < -0.39 is 11.5 Å². The molecule has 0 aromatic rings. The highest BCUT2D eigenvalue weighted by atomic mass is 16.5. The maximum absolute atomic E-state index is 13.3. The Labute approximate surface area is 179 Å². The van der Waals surface area contributed by atoms with Crippen molar-refractivity contribution in [3.63, 3.8) is 0 Å². The molecule has 1 aliphatic heterocycles. The average molecular weight is 417 g/mol. The Kier molecular flexibility index (Phi) is 5.06. The number of rotatable bonds is 3. The van der Waals surface area contributed by atoms with E-state index >= 15 is 0 Å². The molecule has 0 bridgehead atoms. The van der Waals surface area contributed by atoms with E-state index in [0.29, 0.717) is 17.8 Å². The van der Waals surface area contributed by atoms with Crippen LogP contribution in [0.2, 0.25) is 0 Å². The maximum atomic E-state index is 13.3. The monoisotopic (exact) mass is 416 g/mol. The number of hydrogen-bond acceptors (Lipinski definition) is 4. The minimum Gasteiger partial charge on any atom is -0.467 e. The quantitative estimate of drug-likeness (QED) is 0.693. The highest BCUT2D eigenvalue weighted by Gasteiger charge is 2.61. The van der Waals surface area contributed by atoms with Crippen LogP contribution in [0.3, 0.4) is 0 Å². The number of nitrogens with one attached hydrogen (secondary N) is 2. The molecule has 0 aromatic carbocycles. The van der Waals surface area contributed by atoms with E-state index in [-0.39, 0.29) is 34.6 Å². The van der Waals surface area contributed by atoms with Gasteiger partial charge in [-0.3, -0.25) is 9.59 Å². The molecule has 0 saturated heterocycles. The van der Waals surface area contributed by atoms with E-state index in [2.05, 4.69) is 30.6 Å². The molecule has 6 heteroatoms. The smallest absolute Gasteiger partial charge is 0.330 e. The Morgan fingerprint density at radius 3 is 2.57 bits per heavy atom. The van der Waals surface area contributed by atoms with Crippen molar-refractivity contribution in [2.45, 2.75) is 77.8 Å². The zero-order valence-electron chi connectivity index (χ0n) is 18.9. The Hall–Kier alpha value is -1.85. The molecule has 2 N–H and O–H groups in total. The van der Waals surface area contributed by atoms with Crippen LogP contribution in [-0.4, -0.2) is 36.5 Å². The molecule has 2 amide bonds. The third kappa shape index (κ3) is 3.09. The Morgan fingerprint density at radius 2 is 1.87 bits per heavy atom. The molecule has 7 atom stereocenters. The predicted octanol–water partition coefficient (Wildman–Crippen LogP) is 2.97. The van der Waals surface area contributed by atoms with Gasteiger partial charge in [-0.25, -0.2) is 4.79 Å². The summed E-state index contributed by atoms with van der Waals surface area (Å²) in [7, 11) is 1.35. The second kappa shape index (κ2) is 7.10. The predicted molar refractivity (Wildman–Crippen MR) is 113 cm³/mol. The molecule has 166 valence electrons. The summed E-state index contributed by atoms with van der Waals surface area (Å²) in [5.74, 6) is 1.16. The van der Waals surface area contributed by atoms with Gasteiger partial charge in [0.1, 0.15) is 5.54 Å². The van der Waals surface area contributed by atoms with Crippen LogP contribution in [0.5, 0.6) is 0 Å². The summed E-state index contributed by atoms with van der Waals surface area (Å²) in [6.45, 7) is 8.01. The van der Waals surface area contributed by atoms with E-state index in [0.717, 1.165) is 38.5 Å². The molecular weight excluding hydrogens is 380 g/mol. The number of methoxy groups -OCH3 is 1. The second-order valence-electron chi connectivity index (χ2n) is 11.0. The van der Waals surface area contributed by atoms with Crippen LogP contribution in [-0.2, 0) is 19.1 Å². The molecule has 0 spiro atoms. The molecule has 3 saturated carbocycles. The van der Waals surface area contributed by atoms with Gasteiger partial charge in [0.25, 0.3) is 0 Å². The van der Waals surface area contributed by atoms with Crippen molar-refractivity contribution in [1.29, 1.82) is 0 Å². The summed E-state index contributed by atoms with van der Waals surface area (Å²) < 4.78 is 4.86. The lowest BCUT2D eigenvalue weighted by molar-refractivity contribution is -0.151. The van der Waals surface area contributed by atoms with Crippen LogP contribution in [0.25, 0.3) is 0 Å². The number of esters is 1. The Bertz CT molecular complexity index is 790. The van der Waals surface area contributed by atoms with Crippen molar-refractivity contribution in [2.24, 2.45) is 34.5 Å². The summed E-state index contributed by atoms with van der Waals surface area (Å²) >= 11 is 0. The topological polar surface area (TPSA) is 84.5 Å². The highest BCUT2D eigenvalue weighted by Crippen LogP contribution is 2.65. The summed E-state index contributed by atoms with van der Waals surface area (Å²) in [5.41, 5.74) is -1.05. The van der Waals surface area contributed by atoms with Gasteiger partial charge >= 0.3 is 5.97 Å². The molecule has 1 unspecified atom stereocenters. The van der Waals surface area contributed by atoms with Crippen LogP contribution < -0.4 is 10.6 Å². The fourth-order valence-electron chi connectivity index (χ4n) is 7.47. The zero-order valence-corrected chi connectivity index (χ0v) is 18.9. The van der Waals surface area contributed by atoms with Crippen molar-refractivity contribution in [2.75, 3.05) is 7.11 Å². The lowest BCUT2D eigenvalue weighted by Crippen LogP contribution is -2.60. The standard InChI is InChI=1S/C24H36N2O4/c1-22(2,21(29)30-5)26-20(28)17-8-7-15-14-6-9-18-24(4,13-11-19(27)25-18)16(14)10-12-23(15,17)3/h11,13-18H,6-10,12H2,1-5H3,(H,25,27)(H,26,28)/t14-,15-,16-,17+,18?,23-,24+/m0/s1. The van der Waals surface area contributed by atoms with Crippen molar-refractivity contribution in [1.82, 2.24) is 10.6 Å². The number of fused-ring (bicyclic) bond motifs is 5. The van der Waals surface area contributed by atoms with E-state index in [1.165, 1.54) is 7.11 Å². The Balaban J connectivity index is 1.54. The van der Waals surface area contributed by atoms with Gasteiger partial charge in [0.05, 0.1) is 7.11 Å². The number of carbonyl (C=O) groups excluding carboxylic acids is 3. The first-order valence-corrected chi connectivity index (χ1v) is 11.4. The van der Waals surface area contributed by atoms with Crippen LogP contribution in [0.4, 0.5) is 0 Å². The summed E-state index contributed by atoms with van der Waals surface area (Å²) in [6.07, 6.45) is 10.0. The fraction of sp³-hybridized carbons (Fsp3) is 0.792. The summed E-state index contributed by atoms with van der Waals surface area (Å²) in [5, 5.41) is 6.16. The van der Waals surface area contributed by atoms with Crippen molar-refractivity contribution >= 4 is 17.8 Å². The molecule has 0 radical (unpaired) electrons. The zero-order chi connectivity index (χ0) is 21.9. The van der Waals surface area contributed by atoms with Gasteiger partial charge in [0, 0.05) is 17.4 Å². The number of ether oxygens (including phenoxy) is 1. The van der Waals surface area contributed by atoms with Gasteiger partial charge in [-0.15, -0.1) is 0 Å². The molecule has 6 nitrogen and oxygen atoms in total. The normalized spacial score (nSPS) is 42.4. The van der Waals surface area contributed by atoms with Crippen molar-refractivity contribution in [3.8, 4) is 0 Å². The third-order valence-electron chi connectivity index (χ3n) is 9.13. The van der Waals surface area contributed by atoms with Crippen LogP contribution in [0.15, 0.2) is 12.2 Å². The Morgan fingerprint density at radius 1 is 1.13 bits per heavy atom. The summed E-state index contributed by atoms with van der Waals surface area (Å²) in [4.78, 5) is 37.2. The molecule has 3 aliphatic carbocycles. The van der Waals surface area contributed by atoms with E-state index in [9.17, 15) is 14.4 Å². The minimum absolute atomic E-state index is 0.00533. The van der Waals surface area contributed by atoms with Crippen LogP contribution in [0, 0.1) is 34.5 Å². The van der Waals surface area contributed by atoms with E-state index in [1.54, 1.807) is 19.9 Å². The highest BCUT2D eigenvalue weighted by molar-refractivity contribution is 5.89. The first kappa shape index (κ1) is 21.4. The molecule has 30 heavy (non-hydrogen) atoms. The lowest BCUT2D eigenvalue weighted by atomic mass is 9.48. The van der Waals surface area contributed by atoms with E-state index in [1.807, 2.05) is 0 Å². The van der Waals surface area contributed by atoms with Gasteiger partial charge in [0.2, 0.25) is 11.8 Å². The van der Waals surface area contributed by atoms with Gasteiger partial charge < -0.3 is 15.4 Å².